The van der Waals surface area contributed by atoms with Crippen LogP contribution in [-0.4, -0.2) is 31.0 Å². The number of anilines is 1. The summed E-state index contributed by atoms with van der Waals surface area (Å²) in [7, 11) is 1.63. The number of rotatable bonds is 8. The van der Waals surface area contributed by atoms with Gasteiger partial charge in [-0.2, -0.15) is 0 Å². The average Bonchev–Trinajstić information content (AvgIpc) is 3.59. The number of carbonyl (C=O) groups is 1. The first-order chi connectivity index (χ1) is 16.6. The number of piperidine rings is 1. The molecule has 1 unspecified atom stereocenters. The van der Waals surface area contributed by atoms with Gasteiger partial charge >= 0.3 is 0 Å². The van der Waals surface area contributed by atoms with E-state index >= 15 is 0 Å². The van der Waals surface area contributed by atoms with Crippen molar-refractivity contribution in [3.8, 4) is 11.5 Å². The molecule has 1 saturated carbocycles. The van der Waals surface area contributed by atoms with Crippen molar-refractivity contribution in [2.45, 2.75) is 32.4 Å². The van der Waals surface area contributed by atoms with Crippen molar-refractivity contribution < 1.29 is 14.3 Å². The molecule has 1 heterocycles. The van der Waals surface area contributed by atoms with Gasteiger partial charge in [0, 0.05) is 12.5 Å². The first-order valence-electron chi connectivity index (χ1n) is 12.1. The molecule has 2 aliphatic rings. The predicted octanol–water partition coefficient (Wildman–Crippen LogP) is 5.52. The van der Waals surface area contributed by atoms with Gasteiger partial charge in [0.1, 0.15) is 18.1 Å². The zero-order valence-corrected chi connectivity index (χ0v) is 19.7. The minimum absolute atomic E-state index is 0.112. The molecule has 0 bridgehead atoms. The number of likely N-dealkylation sites (tertiary alicyclic amines) is 1. The van der Waals surface area contributed by atoms with Crippen LogP contribution < -0.4 is 14.8 Å². The summed E-state index contributed by atoms with van der Waals surface area (Å²) < 4.78 is 11.3. The molecule has 1 spiro atoms. The summed E-state index contributed by atoms with van der Waals surface area (Å²) in [5, 5.41) is 3.08. The molecule has 0 radical (unpaired) electrons. The highest BCUT2D eigenvalue weighted by Crippen LogP contribution is 2.59. The van der Waals surface area contributed by atoms with Crippen LogP contribution in [0, 0.1) is 11.3 Å². The van der Waals surface area contributed by atoms with E-state index in [9.17, 15) is 4.79 Å². The largest absolute Gasteiger partial charge is 0.495 e. The Hall–Kier alpha value is -3.31. The molecule has 1 amide bonds. The highest BCUT2D eigenvalue weighted by molar-refractivity contribution is 5.96. The molecular formula is C29H32N2O3. The van der Waals surface area contributed by atoms with E-state index in [2.05, 4.69) is 46.6 Å². The van der Waals surface area contributed by atoms with E-state index in [1.165, 1.54) is 11.1 Å². The van der Waals surface area contributed by atoms with Gasteiger partial charge in [-0.25, -0.2) is 0 Å². The van der Waals surface area contributed by atoms with Crippen molar-refractivity contribution in [1.29, 1.82) is 0 Å². The molecular weight excluding hydrogens is 424 g/mol. The fourth-order valence-corrected chi connectivity index (χ4v) is 5.09. The maximum absolute atomic E-state index is 12.9. The predicted molar refractivity (Wildman–Crippen MR) is 134 cm³/mol. The second-order valence-corrected chi connectivity index (χ2v) is 9.50. The van der Waals surface area contributed by atoms with E-state index in [1.54, 1.807) is 7.11 Å². The summed E-state index contributed by atoms with van der Waals surface area (Å²) in [6, 6.07) is 26.3. The lowest BCUT2D eigenvalue weighted by Crippen LogP contribution is -2.35. The number of nitrogens with one attached hydrogen (secondary N) is 1. The van der Waals surface area contributed by atoms with Crippen molar-refractivity contribution in [1.82, 2.24) is 4.90 Å². The Morgan fingerprint density at radius 3 is 2.38 bits per heavy atom. The Bertz CT molecular complexity index is 1110. The number of methoxy groups -OCH3 is 1. The standard InChI is InChI=1S/C29H32N2O3/c1-33-27-10-6-5-9-26(27)30-28(32)25-19-29(25)15-17-31(18-16-29)20-22-11-13-24(14-12-22)34-21-23-7-3-2-4-8-23/h2-14,25H,15-21H2,1H3,(H,30,32). The monoisotopic (exact) mass is 456 g/mol. The molecule has 3 aromatic carbocycles. The van der Waals surface area contributed by atoms with Gasteiger partial charge in [0.2, 0.25) is 5.91 Å². The van der Waals surface area contributed by atoms with Crippen molar-refractivity contribution in [2.24, 2.45) is 11.3 Å². The van der Waals surface area contributed by atoms with Crippen LogP contribution in [0.4, 0.5) is 5.69 Å². The molecule has 0 aromatic heterocycles. The number of carbonyl (C=O) groups excluding carboxylic acids is 1. The summed E-state index contributed by atoms with van der Waals surface area (Å²) in [4.78, 5) is 15.4. The van der Waals surface area contributed by atoms with E-state index in [0.29, 0.717) is 12.4 Å². The molecule has 1 saturated heterocycles. The van der Waals surface area contributed by atoms with Gasteiger partial charge in [0.05, 0.1) is 12.8 Å². The third kappa shape index (κ3) is 5.10. The second-order valence-electron chi connectivity index (χ2n) is 9.50. The molecule has 34 heavy (non-hydrogen) atoms. The average molecular weight is 457 g/mol. The van der Waals surface area contributed by atoms with Gasteiger partial charge in [-0.05, 0) is 73.2 Å². The maximum atomic E-state index is 12.9. The molecule has 5 heteroatoms. The number of hydrogen-bond donors (Lipinski definition) is 1. The molecule has 5 rings (SSSR count). The van der Waals surface area contributed by atoms with Crippen LogP contribution >= 0.6 is 0 Å². The van der Waals surface area contributed by atoms with Crippen LogP contribution in [0.25, 0.3) is 0 Å². The molecule has 1 N–H and O–H groups in total. The summed E-state index contributed by atoms with van der Waals surface area (Å²) in [6.07, 6.45) is 3.15. The van der Waals surface area contributed by atoms with E-state index < -0.39 is 0 Å². The lowest BCUT2D eigenvalue weighted by atomic mass is 9.90. The van der Waals surface area contributed by atoms with E-state index in [-0.39, 0.29) is 17.2 Å². The van der Waals surface area contributed by atoms with Crippen LogP contribution in [0.5, 0.6) is 11.5 Å². The Balaban J connectivity index is 1.08. The van der Waals surface area contributed by atoms with Crippen LogP contribution in [0.2, 0.25) is 0 Å². The van der Waals surface area contributed by atoms with Gasteiger partial charge in [-0.15, -0.1) is 0 Å². The third-order valence-corrected chi connectivity index (χ3v) is 7.30. The van der Waals surface area contributed by atoms with Gasteiger partial charge in [0.15, 0.2) is 0 Å². The topological polar surface area (TPSA) is 50.8 Å². The minimum atomic E-state index is 0.112. The fourth-order valence-electron chi connectivity index (χ4n) is 5.09. The first kappa shape index (κ1) is 22.5. The fraction of sp³-hybridized carbons (Fsp3) is 0.345. The maximum Gasteiger partial charge on any atom is 0.228 e. The Labute approximate surface area is 201 Å². The van der Waals surface area contributed by atoms with Gasteiger partial charge < -0.3 is 14.8 Å². The number of nitrogens with zero attached hydrogens (tertiary/aromatic N) is 1. The summed E-state index contributed by atoms with van der Waals surface area (Å²) in [5.41, 5.74) is 3.40. The Morgan fingerprint density at radius 2 is 1.65 bits per heavy atom. The number of amides is 1. The molecule has 1 aliphatic carbocycles. The first-order valence-corrected chi connectivity index (χ1v) is 12.1. The Kier molecular flexibility index (Phi) is 6.54. The highest BCUT2D eigenvalue weighted by Gasteiger charge is 2.58. The minimum Gasteiger partial charge on any atom is -0.495 e. The molecule has 1 atom stereocenters. The second kappa shape index (κ2) is 9.90. The molecule has 3 aromatic rings. The molecule has 176 valence electrons. The van der Waals surface area contributed by atoms with E-state index in [1.807, 2.05) is 42.5 Å². The number of hydrogen-bond acceptors (Lipinski definition) is 4. The summed E-state index contributed by atoms with van der Waals surface area (Å²) in [6.45, 7) is 3.59. The lowest BCUT2D eigenvalue weighted by Gasteiger charge is -2.32. The number of ether oxygens (including phenoxy) is 2. The normalized spacial score (nSPS) is 18.9. The summed E-state index contributed by atoms with van der Waals surface area (Å²) >= 11 is 0. The number of benzene rings is 3. The van der Waals surface area contributed by atoms with Crippen LogP contribution in [0.1, 0.15) is 30.4 Å². The number of para-hydroxylation sites is 2. The quantitative estimate of drug-likeness (QED) is 0.485. The van der Waals surface area contributed by atoms with E-state index in [0.717, 1.165) is 50.3 Å². The van der Waals surface area contributed by atoms with E-state index in [4.69, 9.17) is 9.47 Å². The smallest absolute Gasteiger partial charge is 0.228 e. The van der Waals surface area contributed by atoms with Gasteiger partial charge in [-0.1, -0.05) is 54.6 Å². The zero-order chi connectivity index (χ0) is 23.4. The van der Waals surface area contributed by atoms with Crippen molar-refractivity contribution in [3.05, 3.63) is 90.0 Å². The SMILES string of the molecule is COc1ccccc1NC(=O)C1CC12CCN(Cc1ccc(OCc3ccccc3)cc1)CC2. The molecule has 1 aliphatic heterocycles. The highest BCUT2D eigenvalue weighted by atomic mass is 16.5. The van der Waals surface area contributed by atoms with Crippen LogP contribution in [-0.2, 0) is 17.9 Å². The van der Waals surface area contributed by atoms with Crippen LogP contribution in [0.15, 0.2) is 78.9 Å². The van der Waals surface area contributed by atoms with Gasteiger partial charge in [-0.3, -0.25) is 9.69 Å². The molecule has 5 nitrogen and oxygen atoms in total. The zero-order valence-electron chi connectivity index (χ0n) is 19.7. The van der Waals surface area contributed by atoms with Crippen LogP contribution in [0.3, 0.4) is 0 Å². The van der Waals surface area contributed by atoms with Crippen molar-refractivity contribution in [3.63, 3.8) is 0 Å². The third-order valence-electron chi connectivity index (χ3n) is 7.30. The lowest BCUT2D eigenvalue weighted by molar-refractivity contribution is -0.118. The van der Waals surface area contributed by atoms with Crippen molar-refractivity contribution in [2.75, 3.05) is 25.5 Å². The molecule has 2 fully saturated rings. The Morgan fingerprint density at radius 1 is 0.941 bits per heavy atom. The summed E-state index contributed by atoms with van der Waals surface area (Å²) in [5.74, 6) is 1.84. The van der Waals surface area contributed by atoms with Crippen molar-refractivity contribution >= 4 is 11.6 Å². The van der Waals surface area contributed by atoms with Gasteiger partial charge in [0.25, 0.3) is 0 Å².